The summed E-state index contributed by atoms with van der Waals surface area (Å²) in [6.07, 6.45) is 8.72. The van der Waals surface area contributed by atoms with Crippen LogP contribution in [0.4, 0.5) is 4.79 Å². The summed E-state index contributed by atoms with van der Waals surface area (Å²) in [6, 6.07) is 8.56. The number of aromatic nitrogens is 2. The van der Waals surface area contributed by atoms with Crippen LogP contribution in [0.15, 0.2) is 41.6 Å². The molecule has 2 fully saturated rings. The third-order valence-corrected chi connectivity index (χ3v) is 6.69. The maximum Gasteiger partial charge on any atom is 0.410 e. The number of nitrogens with zero attached hydrogens (tertiary/aromatic N) is 4. The van der Waals surface area contributed by atoms with Crippen LogP contribution in [0.5, 0.6) is 0 Å². The van der Waals surface area contributed by atoms with Crippen molar-refractivity contribution in [2.75, 3.05) is 19.3 Å². The minimum absolute atomic E-state index is 0.0889. The van der Waals surface area contributed by atoms with Crippen molar-refractivity contribution >= 4 is 23.8 Å². The van der Waals surface area contributed by atoms with Crippen LogP contribution in [0.3, 0.4) is 0 Å². The third-order valence-electron chi connectivity index (χ3n) is 5.95. The van der Waals surface area contributed by atoms with Crippen LogP contribution >= 0.6 is 11.8 Å². The molecule has 1 aliphatic heterocycles. The summed E-state index contributed by atoms with van der Waals surface area (Å²) in [5.41, 5.74) is 1.41. The maximum atomic E-state index is 13.4. The van der Waals surface area contributed by atoms with E-state index in [-0.39, 0.29) is 29.9 Å². The summed E-state index contributed by atoms with van der Waals surface area (Å²) in [5, 5.41) is 0. The van der Waals surface area contributed by atoms with E-state index < -0.39 is 5.60 Å². The Hall–Kier alpha value is -2.61. The lowest BCUT2D eigenvalue weighted by Gasteiger charge is -2.38. The van der Waals surface area contributed by atoms with Gasteiger partial charge in [-0.3, -0.25) is 4.79 Å². The topological polar surface area (TPSA) is 75.6 Å². The second-order valence-corrected chi connectivity index (χ2v) is 10.5. The number of thioether (sulfide) groups is 1. The van der Waals surface area contributed by atoms with Gasteiger partial charge in [0.1, 0.15) is 5.60 Å². The molecule has 0 unspecified atom stereocenters. The van der Waals surface area contributed by atoms with Crippen LogP contribution in [0.1, 0.15) is 57.1 Å². The average Bonchev–Trinajstić information content (AvgIpc) is 3.64. The molecule has 1 saturated heterocycles. The minimum atomic E-state index is -0.509. The average molecular weight is 469 g/mol. The highest BCUT2D eigenvalue weighted by molar-refractivity contribution is 7.98. The van der Waals surface area contributed by atoms with Crippen molar-refractivity contribution in [1.29, 1.82) is 0 Å². The quantitative estimate of drug-likeness (QED) is 0.583. The van der Waals surface area contributed by atoms with E-state index in [9.17, 15) is 9.59 Å². The van der Waals surface area contributed by atoms with Crippen LogP contribution in [0, 0.1) is 0 Å². The summed E-state index contributed by atoms with van der Waals surface area (Å²) in [7, 11) is 0. The summed E-state index contributed by atoms with van der Waals surface area (Å²) in [6.45, 7) is 6.78. The lowest BCUT2D eigenvalue weighted by Crippen LogP contribution is -2.50. The van der Waals surface area contributed by atoms with Gasteiger partial charge in [-0.2, -0.15) is 0 Å². The van der Waals surface area contributed by atoms with Gasteiger partial charge in [0.25, 0.3) is 5.91 Å². The molecule has 4 rings (SSSR count). The fourth-order valence-corrected chi connectivity index (χ4v) is 4.53. The van der Waals surface area contributed by atoms with Crippen LogP contribution in [0.2, 0.25) is 0 Å². The molecule has 2 aliphatic rings. The van der Waals surface area contributed by atoms with Gasteiger partial charge in [0.15, 0.2) is 0 Å². The highest BCUT2D eigenvalue weighted by atomic mass is 32.2. The molecule has 0 atom stereocenters. The van der Waals surface area contributed by atoms with Crippen LogP contribution in [-0.4, -0.2) is 68.8 Å². The van der Waals surface area contributed by atoms with Gasteiger partial charge in [-0.25, -0.2) is 14.8 Å². The van der Waals surface area contributed by atoms with E-state index in [4.69, 9.17) is 4.74 Å². The van der Waals surface area contributed by atoms with Crippen molar-refractivity contribution in [3.63, 3.8) is 0 Å². The predicted molar refractivity (Wildman–Crippen MR) is 129 cm³/mol. The van der Waals surface area contributed by atoms with Gasteiger partial charge in [-0.1, -0.05) is 12.1 Å². The van der Waals surface area contributed by atoms with Gasteiger partial charge in [0.2, 0.25) is 5.82 Å². The minimum Gasteiger partial charge on any atom is -0.444 e. The molecule has 176 valence electrons. The summed E-state index contributed by atoms with van der Waals surface area (Å²) >= 11 is 1.70. The van der Waals surface area contributed by atoms with Crippen LogP contribution in [0.25, 0.3) is 11.1 Å². The number of carbonyl (C=O) groups is 2. The van der Waals surface area contributed by atoms with Gasteiger partial charge in [-0.05, 0) is 70.4 Å². The van der Waals surface area contributed by atoms with Crippen molar-refractivity contribution in [2.45, 2.75) is 69.0 Å². The zero-order valence-corrected chi connectivity index (χ0v) is 20.6. The molecule has 1 aromatic heterocycles. The van der Waals surface area contributed by atoms with Gasteiger partial charge in [-0.15, -0.1) is 11.8 Å². The lowest BCUT2D eigenvalue weighted by molar-refractivity contribution is 0.0141. The first-order valence-electron chi connectivity index (χ1n) is 11.5. The molecule has 0 N–H and O–H groups in total. The van der Waals surface area contributed by atoms with Crippen LogP contribution < -0.4 is 0 Å². The predicted octanol–water partition coefficient (Wildman–Crippen LogP) is 4.87. The lowest BCUT2D eigenvalue weighted by atomic mass is 10.0. The normalized spacial score (nSPS) is 17.0. The smallest absolute Gasteiger partial charge is 0.410 e. The zero-order chi connectivity index (χ0) is 23.6. The van der Waals surface area contributed by atoms with E-state index in [1.807, 2.05) is 44.1 Å². The number of hydrogen-bond donors (Lipinski definition) is 0. The first kappa shape index (κ1) is 23.5. The molecule has 2 aromatic rings. The van der Waals surface area contributed by atoms with Crippen LogP contribution in [-0.2, 0) is 4.74 Å². The number of rotatable bonds is 5. The summed E-state index contributed by atoms with van der Waals surface area (Å²) in [4.78, 5) is 39.5. The fourth-order valence-electron chi connectivity index (χ4n) is 4.12. The van der Waals surface area contributed by atoms with E-state index in [1.165, 1.54) is 4.90 Å². The SMILES string of the molecule is CSc1ccc(-c2cnc(C(=O)N(C3CC3)C3CCN(C(=O)OC(C)(C)C)CC3)nc2)cc1. The number of amides is 2. The highest BCUT2D eigenvalue weighted by Crippen LogP contribution is 2.33. The Bertz CT molecular complexity index is 976. The Labute approximate surface area is 199 Å². The molecule has 2 heterocycles. The number of ether oxygens (including phenoxy) is 1. The molecule has 0 bridgehead atoms. The second kappa shape index (κ2) is 9.71. The Morgan fingerprint density at radius 3 is 2.06 bits per heavy atom. The molecule has 1 saturated carbocycles. The largest absolute Gasteiger partial charge is 0.444 e. The van der Waals surface area contributed by atoms with E-state index >= 15 is 0 Å². The monoisotopic (exact) mass is 468 g/mol. The molecule has 1 aromatic carbocycles. The Balaban J connectivity index is 1.41. The Morgan fingerprint density at radius 1 is 0.970 bits per heavy atom. The summed E-state index contributed by atoms with van der Waals surface area (Å²) < 4.78 is 5.50. The van der Waals surface area contributed by atoms with E-state index in [2.05, 4.69) is 22.1 Å². The van der Waals surface area contributed by atoms with Crippen molar-refractivity contribution < 1.29 is 14.3 Å². The van der Waals surface area contributed by atoms with Gasteiger partial charge >= 0.3 is 6.09 Å². The van der Waals surface area contributed by atoms with Crippen molar-refractivity contribution in [3.8, 4) is 11.1 Å². The molecular weight excluding hydrogens is 436 g/mol. The van der Waals surface area contributed by atoms with Gasteiger partial charge < -0.3 is 14.5 Å². The number of carbonyl (C=O) groups excluding carboxylic acids is 2. The van der Waals surface area contributed by atoms with Crippen molar-refractivity contribution in [1.82, 2.24) is 19.8 Å². The first-order chi connectivity index (χ1) is 15.7. The molecule has 2 amide bonds. The Kier molecular flexibility index (Phi) is 6.93. The Morgan fingerprint density at radius 2 is 1.55 bits per heavy atom. The molecule has 7 nitrogen and oxygen atoms in total. The van der Waals surface area contributed by atoms with Crippen molar-refractivity contribution in [3.05, 3.63) is 42.5 Å². The molecular formula is C25H32N4O3S. The number of likely N-dealkylation sites (tertiary alicyclic amines) is 1. The van der Waals surface area contributed by atoms with E-state index in [0.29, 0.717) is 13.1 Å². The number of piperidine rings is 1. The zero-order valence-electron chi connectivity index (χ0n) is 19.8. The highest BCUT2D eigenvalue weighted by Gasteiger charge is 2.40. The molecule has 0 radical (unpaired) electrons. The number of hydrogen-bond acceptors (Lipinski definition) is 6. The molecule has 1 aliphatic carbocycles. The second-order valence-electron chi connectivity index (χ2n) is 9.67. The maximum absolute atomic E-state index is 13.4. The van der Waals surface area contributed by atoms with Gasteiger partial charge in [0, 0.05) is 48.0 Å². The standard InChI is InChI=1S/C25H32N4O3S/c1-25(2,3)32-24(31)28-13-11-20(12-14-28)29(19-7-8-19)23(30)22-26-15-18(16-27-22)17-5-9-21(33-4)10-6-17/h5-6,9-10,15-16,19-20H,7-8,11-14H2,1-4H3. The van der Waals surface area contributed by atoms with E-state index in [0.717, 1.165) is 36.8 Å². The first-order valence-corrected chi connectivity index (χ1v) is 12.7. The van der Waals surface area contributed by atoms with Crippen molar-refractivity contribution in [2.24, 2.45) is 0 Å². The van der Waals surface area contributed by atoms with Gasteiger partial charge in [0.05, 0.1) is 0 Å². The molecule has 8 heteroatoms. The third kappa shape index (κ3) is 5.85. The summed E-state index contributed by atoms with van der Waals surface area (Å²) in [5.74, 6) is 0.124. The molecule has 33 heavy (non-hydrogen) atoms. The fraction of sp³-hybridized carbons (Fsp3) is 0.520. The molecule has 0 spiro atoms. The van der Waals surface area contributed by atoms with E-state index in [1.54, 1.807) is 29.1 Å². The number of benzene rings is 1.